The van der Waals surface area contributed by atoms with Gasteiger partial charge in [0.1, 0.15) is 5.75 Å². The topological polar surface area (TPSA) is 50.8 Å². The number of para-hydroxylation sites is 1. The number of nitrogens with one attached hydrogen (secondary N) is 1. The summed E-state index contributed by atoms with van der Waals surface area (Å²) in [4.78, 5) is 15.8. The normalized spacial score (nSPS) is 43.5. The zero-order valence-electron chi connectivity index (χ0n) is 16.2. The highest BCUT2D eigenvalue weighted by atomic mass is 16.5. The molecule has 2 unspecified atom stereocenters. The van der Waals surface area contributed by atoms with Gasteiger partial charge in [0.15, 0.2) is 0 Å². The number of methoxy groups -OCH3 is 2. The first-order chi connectivity index (χ1) is 13.1. The van der Waals surface area contributed by atoms with E-state index in [4.69, 9.17) is 9.47 Å². The molecule has 144 valence electrons. The van der Waals surface area contributed by atoms with Crippen molar-refractivity contribution >= 4 is 11.7 Å². The number of piperidine rings is 1. The number of esters is 1. The van der Waals surface area contributed by atoms with E-state index < -0.39 is 0 Å². The zero-order chi connectivity index (χ0) is 18.4. The Morgan fingerprint density at radius 2 is 2.07 bits per heavy atom. The molecule has 0 amide bonds. The average molecular weight is 368 g/mol. The first-order valence-corrected chi connectivity index (χ1v) is 10.4. The van der Waals surface area contributed by atoms with Crippen molar-refractivity contribution < 1.29 is 14.3 Å². The molecule has 2 bridgehead atoms. The van der Waals surface area contributed by atoms with Crippen LogP contribution in [0.5, 0.6) is 5.75 Å². The van der Waals surface area contributed by atoms with E-state index in [1.165, 1.54) is 31.4 Å². The third kappa shape index (κ3) is 1.58. The molecule has 0 radical (unpaired) electrons. The number of carbonyl (C=O) groups is 1. The SMILES string of the molecule is COC(=O)[C@@H]1CC23CCCN4CC[C@@]5(c6cccc(OC)c6NC15CC2)[C@@H]43. The molecule has 27 heavy (non-hydrogen) atoms. The van der Waals surface area contributed by atoms with Crippen LogP contribution in [0, 0.1) is 11.3 Å². The third-order valence-electron chi connectivity index (χ3n) is 8.90. The summed E-state index contributed by atoms with van der Waals surface area (Å²) < 4.78 is 11.1. The molecule has 1 aromatic rings. The minimum absolute atomic E-state index is 0.00729. The van der Waals surface area contributed by atoms with Gasteiger partial charge in [0.25, 0.3) is 0 Å². The number of rotatable bonds is 2. The van der Waals surface area contributed by atoms with Crippen molar-refractivity contribution in [1.29, 1.82) is 0 Å². The van der Waals surface area contributed by atoms with Crippen LogP contribution >= 0.6 is 0 Å². The van der Waals surface area contributed by atoms with E-state index in [1.54, 1.807) is 14.2 Å². The third-order valence-corrected chi connectivity index (χ3v) is 8.90. The molecule has 6 aliphatic rings. The fourth-order valence-corrected chi connectivity index (χ4v) is 8.23. The summed E-state index contributed by atoms with van der Waals surface area (Å²) in [5.74, 6) is 0.791. The van der Waals surface area contributed by atoms with Crippen LogP contribution in [0.1, 0.15) is 44.1 Å². The highest BCUT2D eigenvalue weighted by molar-refractivity contribution is 5.82. The first kappa shape index (κ1) is 16.2. The number of carbonyl (C=O) groups excluding carboxylic acids is 1. The second-order valence-electron chi connectivity index (χ2n) is 9.38. The highest BCUT2D eigenvalue weighted by Gasteiger charge is 2.79. The Hall–Kier alpha value is -1.75. The van der Waals surface area contributed by atoms with Crippen molar-refractivity contribution in [1.82, 2.24) is 4.90 Å². The van der Waals surface area contributed by atoms with Crippen LogP contribution in [0.4, 0.5) is 5.69 Å². The van der Waals surface area contributed by atoms with Crippen molar-refractivity contribution in [2.24, 2.45) is 11.3 Å². The van der Waals surface area contributed by atoms with Crippen LogP contribution in [-0.4, -0.2) is 49.8 Å². The lowest BCUT2D eigenvalue weighted by Gasteiger charge is -2.69. The summed E-state index contributed by atoms with van der Waals surface area (Å²) in [6, 6.07) is 7.00. The summed E-state index contributed by atoms with van der Waals surface area (Å²) in [7, 11) is 3.29. The Labute approximate surface area is 160 Å². The maximum Gasteiger partial charge on any atom is 0.311 e. The standard InChI is InChI=1S/C22H28N2O3/c1-26-16-6-3-5-14-17(16)23-22-9-8-20(13-15(22)18(25)27-2)7-4-11-24-12-10-21(14,22)19(20)24/h3,5-6,15,19,23H,4,7-13H2,1-2H3/t15-,19-,20?,21+,22?/m0/s1. The van der Waals surface area contributed by atoms with Crippen molar-refractivity contribution in [3.05, 3.63) is 23.8 Å². The van der Waals surface area contributed by atoms with Crippen molar-refractivity contribution in [2.75, 3.05) is 32.6 Å². The summed E-state index contributed by atoms with van der Waals surface area (Å²) in [5.41, 5.74) is 2.51. The van der Waals surface area contributed by atoms with Gasteiger partial charge in [-0.05, 0) is 68.7 Å². The molecule has 5 atom stereocenters. The number of hydrogen-bond donors (Lipinski definition) is 1. The Morgan fingerprint density at radius 1 is 1.19 bits per heavy atom. The maximum absolute atomic E-state index is 13.0. The molecule has 5 heteroatoms. The second kappa shape index (κ2) is 4.99. The lowest BCUT2D eigenvalue weighted by molar-refractivity contribution is -0.171. The van der Waals surface area contributed by atoms with Crippen molar-refractivity contribution in [2.45, 2.75) is 55.5 Å². The van der Waals surface area contributed by atoms with Gasteiger partial charge in [0.05, 0.1) is 31.4 Å². The van der Waals surface area contributed by atoms with Crippen molar-refractivity contribution in [3.8, 4) is 5.75 Å². The predicted molar refractivity (Wildman–Crippen MR) is 102 cm³/mol. The van der Waals surface area contributed by atoms with Gasteiger partial charge < -0.3 is 14.8 Å². The van der Waals surface area contributed by atoms with Crippen LogP contribution in [0.2, 0.25) is 0 Å². The van der Waals surface area contributed by atoms with Crippen LogP contribution in [0.3, 0.4) is 0 Å². The minimum atomic E-state index is -0.241. The lowest BCUT2D eigenvalue weighted by atomic mass is 9.39. The second-order valence-corrected chi connectivity index (χ2v) is 9.38. The highest BCUT2D eigenvalue weighted by Crippen LogP contribution is 2.74. The fourth-order valence-electron chi connectivity index (χ4n) is 8.23. The summed E-state index contributed by atoms with van der Waals surface area (Å²) in [6.45, 7) is 2.34. The summed E-state index contributed by atoms with van der Waals surface area (Å²) in [6.07, 6.45) is 6.86. The van der Waals surface area contributed by atoms with Gasteiger partial charge in [-0.2, -0.15) is 0 Å². The quantitative estimate of drug-likeness (QED) is 0.814. The maximum atomic E-state index is 13.0. The van der Waals surface area contributed by atoms with Gasteiger partial charge in [-0.25, -0.2) is 0 Å². The van der Waals surface area contributed by atoms with Crippen LogP contribution in [0.25, 0.3) is 0 Å². The van der Waals surface area contributed by atoms with Gasteiger partial charge in [-0.1, -0.05) is 12.1 Å². The molecule has 3 spiro atoms. The molecule has 3 heterocycles. The van der Waals surface area contributed by atoms with Crippen LogP contribution in [0.15, 0.2) is 18.2 Å². The van der Waals surface area contributed by atoms with E-state index in [0.29, 0.717) is 6.04 Å². The van der Waals surface area contributed by atoms with E-state index in [0.717, 1.165) is 37.2 Å². The Bertz CT molecular complexity index is 841. The molecule has 2 saturated heterocycles. The van der Waals surface area contributed by atoms with Gasteiger partial charge in [-0.15, -0.1) is 0 Å². The number of nitrogens with zero attached hydrogens (tertiary/aromatic N) is 1. The Morgan fingerprint density at radius 3 is 2.89 bits per heavy atom. The molecule has 1 aromatic carbocycles. The molecular formula is C22H28N2O3. The Balaban J connectivity index is 1.65. The molecule has 7 rings (SSSR count). The Kier molecular flexibility index (Phi) is 3.00. The van der Waals surface area contributed by atoms with E-state index >= 15 is 0 Å². The number of benzene rings is 1. The van der Waals surface area contributed by atoms with E-state index in [9.17, 15) is 4.79 Å². The van der Waals surface area contributed by atoms with E-state index in [-0.39, 0.29) is 28.3 Å². The van der Waals surface area contributed by atoms with Crippen LogP contribution in [-0.2, 0) is 14.9 Å². The molecule has 1 N–H and O–H groups in total. The fraction of sp³-hybridized carbons (Fsp3) is 0.682. The smallest absolute Gasteiger partial charge is 0.311 e. The average Bonchev–Trinajstić information content (AvgIpc) is 3.25. The first-order valence-electron chi connectivity index (χ1n) is 10.4. The summed E-state index contributed by atoms with van der Waals surface area (Å²) >= 11 is 0. The molecule has 5 fully saturated rings. The monoisotopic (exact) mass is 368 g/mol. The molecule has 0 aromatic heterocycles. The number of anilines is 1. The molecule has 3 saturated carbocycles. The van der Waals surface area contributed by atoms with Gasteiger partial charge in [0.2, 0.25) is 0 Å². The molecule has 3 aliphatic heterocycles. The number of hydrogen-bond acceptors (Lipinski definition) is 5. The van der Waals surface area contributed by atoms with E-state index in [1.807, 2.05) is 6.07 Å². The number of ether oxygens (including phenoxy) is 2. The largest absolute Gasteiger partial charge is 0.495 e. The molecular weight excluding hydrogens is 340 g/mol. The summed E-state index contributed by atoms with van der Waals surface area (Å²) in [5, 5.41) is 3.92. The van der Waals surface area contributed by atoms with Gasteiger partial charge >= 0.3 is 5.97 Å². The lowest BCUT2D eigenvalue weighted by Crippen LogP contribution is -2.76. The number of fused-ring (bicyclic) bond motifs is 3. The van der Waals surface area contributed by atoms with Crippen LogP contribution < -0.4 is 10.1 Å². The molecule has 3 aliphatic carbocycles. The van der Waals surface area contributed by atoms with Gasteiger partial charge in [-0.3, -0.25) is 9.69 Å². The predicted octanol–water partition coefficient (Wildman–Crippen LogP) is 2.94. The minimum Gasteiger partial charge on any atom is -0.495 e. The molecule has 5 nitrogen and oxygen atoms in total. The zero-order valence-corrected chi connectivity index (χ0v) is 16.2. The van der Waals surface area contributed by atoms with E-state index in [2.05, 4.69) is 22.3 Å². The van der Waals surface area contributed by atoms with Crippen molar-refractivity contribution in [3.63, 3.8) is 0 Å². The van der Waals surface area contributed by atoms with Gasteiger partial charge in [0, 0.05) is 11.5 Å².